The van der Waals surface area contributed by atoms with Crippen LogP contribution in [0, 0.1) is 5.92 Å². The summed E-state index contributed by atoms with van der Waals surface area (Å²) in [6, 6.07) is 5.72. The van der Waals surface area contributed by atoms with E-state index in [0.717, 1.165) is 29.3 Å². The molecule has 0 amide bonds. The molecule has 2 heteroatoms. The molecule has 0 aliphatic heterocycles. The molecule has 2 rings (SSSR count). The number of phenolic OH excluding ortho intramolecular Hbond substituents is 1. The highest BCUT2D eigenvalue weighted by molar-refractivity contribution is 5.85. The normalized spacial score (nSPS) is 11.4. The molecule has 0 spiro atoms. The molecular weight excluding hydrogens is 186 g/mol. The van der Waals surface area contributed by atoms with Gasteiger partial charge in [-0.25, -0.2) is 0 Å². The van der Waals surface area contributed by atoms with Gasteiger partial charge < -0.3 is 10.1 Å². The number of benzene rings is 1. The van der Waals surface area contributed by atoms with Gasteiger partial charge in [0, 0.05) is 22.7 Å². The average molecular weight is 203 g/mol. The van der Waals surface area contributed by atoms with Gasteiger partial charge in [0.05, 0.1) is 0 Å². The highest BCUT2D eigenvalue weighted by atomic mass is 16.3. The van der Waals surface area contributed by atoms with Gasteiger partial charge in [0.15, 0.2) is 0 Å². The molecule has 1 aromatic heterocycles. The van der Waals surface area contributed by atoms with E-state index in [-0.39, 0.29) is 0 Å². The zero-order valence-electron chi connectivity index (χ0n) is 9.25. The first-order chi connectivity index (χ1) is 7.18. The molecule has 0 saturated carbocycles. The maximum Gasteiger partial charge on any atom is 0.119 e. The van der Waals surface area contributed by atoms with E-state index in [0.29, 0.717) is 11.7 Å². The summed E-state index contributed by atoms with van der Waals surface area (Å²) in [5.74, 6) is 1.08. The van der Waals surface area contributed by atoms with Crippen LogP contribution in [0.4, 0.5) is 0 Å². The van der Waals surface area contributed by atoms with Crippen LogP contribution in [-0.2, 0) is 6.42 Å². The van der Waals surface area contributed by atoms with Crippen molar-refractivity contribution in [1.29, 1.82) is 0 Å². The van der Waals surface area contributed by atoms with Crippen LogP contribution in [-0.4, -0.2) is 10.1 Å². The molecule has 0 unspecified atom stereocenters. The Labute approximate surface area is 89.9 Å². The van der Waals surface area contributed by atoms with E-state index in [1.54, 1.807) is 6.07 Å². The number of fused-ring (bicyclic) bond motifs is 1. The molecule has 0 aliphatic rings. The van der Waals surface area contributed by atoms with Gasteiger partial charge in [0.25, 0.3) is 0 Å². The molecular formula is C13H17NO. The number of hydrogen-bond acceptors (Lipinski definition) is 1. The standard InChI is InChI=1S/C13H17NO/c1-9(2)3-4-11-10-7-8-14-12(10)5-6-13(11)15/h5-9,14-15H,3-4H2,1-2H3. The molecule has 80 valence electrons. The summed E-state index contributed by atoms with van der Waals surface area (Å²) >= 11 is 0. The lowest BCUT2D eigenvalue weighted by atomic mass is 9.99. The number of aryl methyl sites for hydroxylation is 1. The second-order valence-electron chi connectivity index (χ2n) is 4.43. The fourth-order valence-electron chi connectivity index (χ4n) is 1.88. The smallest absolute Gasteiger partial charge is 0.119 e. The van der Waals surface area contributed by atoms with Crippen molar-refractivity contribution in [2.45, 2.75) is 26.7 Å². The number of hydrogen-bond donors (Lipinski definition) is 2. The SMILES string of the molecule is CC(C)CCc1c(O)ccc2[nH]ccc12. The van der Waals surface area contributed by atoms with Crippen LogP contribution < -0.4 is 0 Å². The van der Waals surface area contributed by atoms with Crippen molar-refractivity contribution in [2.24, 2.45) is 5.92 Å². The molecule has 0 atom stereocenters. The molecule has 2 aromatic rings. The number of rotatable bonds is 3. The van der Waals surface area contributed by atoms with Crippen molar-refractivity contribution >= 4 is 10.9 Å². The second kappa shape index (κ2) is 3.97. The van der Waals surface area contributed by atoms with Gasteiger partial charge in [-0.05, 0) is 37.0 Å². The third kappa shape index (κ3) is 1.99. The number of aromatic nitrogens is 1. The summed E-state index contributed by atoms with van der Waals surface area (Å²) < 4.78 is 0. The molecule has 1 heterocycles. The Balaban J connectivity index is 2.38. The fourth-order valence-corrected chi connectivity index (χ4v) is 1.88. The Morgan fingerprint density at radius 1 is 1.27 bits per heavy atom. The largest absolute Gasteiger partial charge is 0.508 e. The molecule has 0 fully saturated rings. The lowest BCUT2D eigenvalue weighted by Crippen LogP contribution is -1.93. The highest BCUT2D eigenvalue weighted by Gasteiger charge is 2.08. The molecule has 15 heavy (non-hydrogen) atoms. The van der Waals surface area contributed by atoms with E-state index in [2.05, 4.69) is 18.8 Å². The zero-order valence-corrected chi connectivity index (χ0v) is 9.25. The summed E-state index contributed by atoms with van der Waals surface area (Å²) in [6.45, 7) is 4.41. The van der Waals surface area contributed by atoms with Crippen LogP contribution in [0.2, 0.25) is 0 Å². The third-order valence-corrected chi connectivity index (χ3v) is 2.79. The number of nitrogens with one attached hydrogen (secondary N) is 1. The quantitative estimate of drug-likeness (QED) is 0.787. The van der Waals surface area contributed by atoms with Crippen LogP contribution in [0.3, 0.4) is 0 Å². The van der Waals surface area contributed by atoms with Crippen LogP contribution in [0.15, 0.2) is 24.4 Å². The molecule has 2 nitrogen and oxygen atoms in total. The first-order valence-corrected chi connectivity index (χ1v) is 5.46. The first kappa shape index (κ1) is 10.1. The van der Waals surface area contributed by atoms with Crippen LogP contribution in [0.25, 0.3) is 10.9 Å². The minimum absolute atomic E-state index is 0.419. The summed E-state index contributed by atoms with van der Waals surface area (Å²) in [7, 11) is 0. The fraction of sp³-hybridized carbons (Fsp3) is 0.385. The lowest BCUT2D eigenvalue weighted by molar-refractivity contribution is 0.465. The third-order valence-electron chi connectivity index (χ3n) is 2.79. The van der Waals surface area contributed by atoms with Gasteiger partial charge in [-0.15, -0.1) is 0 Å². The monoisotopic (exact) mass is 203 g/mol. The Hall–Kier alpha value is -1.44. The predicted octanol–water partition coefficient (Wildman–Crippen LogP) is 3.46. The number of aromatic hydroxyl groups is 1. The van der Waals surface area contributed by atoms with Gasteiger partial charge in [-0.1, -0.05) is 13.8 Å². The summed E-state index contributed by atoms with van der Waals surface area (Å²) in [5.41, 5.74) is 2.18. The van der Waals surface area contributed by atoms with Gasteiger partial charge in [0.1, 0.15) is 5.75 Å². The van der Waals surface area contributed by atoms with E-state index in [1.807, 2.05) is 18.3 Å². The maximum atomic E-state index is 9.83. The van der Waals surface area contributed by atoms with Crippen molar-refractivity contribution < 1.29 is 5.11 Å². The van der Waals surface area contributed by atoms with E-state index < -0.39 is 0 Å². The molecule has 0 aliphatic carbocycles. The number of phenols is 1. The summed E-state index contributed by atoms with van der Waals surface area (Å²) in [5, 5.41) is 11.0. The van der Waals surface area contributed by atoms with Crippen molar-refractivity contribution in [3.63, 3.8) is 0 Å². The van der Waals surface area contributed by atoms with Gasteiger partial charge >= 0.3 is 0 Å². The Morgan fingerprint density at radius 3 is 2.80 bits per heavy atom. The summed E-state index contributed by atoms with van der Waals surface area (Å²) in [6.07, 6.45) is 3.97. The molecule has 0 radical (unpaired) electrons. The minimum atomic E-state index is 0.419. The van der Waals surface area contributed by atoms with Gasteiger partial charge in [-0.2, -0.15) is 0 Å². The molecule has 0 bridgehead atoms. The van der Waals surface area contributed by atoms with Crippen molar-refractivity contribution in [3.8, 4) is 5.75 Å². The Kier molecular flexibility index (Phi) is 2.67. The lowest BCUT2D eigenvalue weighted by Gasteiger charge is -2.08. The van der Waals surface area contributed by atoms with Crippen molar-refractivity contribution in [2.75, 3.05) is 0 Å². The van der Waals surface area contributed by atoms with E-state index >= 15 is 0 Å². The zero-order chi connectivity index (χ0) is 10.8. The van der Waals surface area contributed by atoms with Gasteiger partial charge in [-0.3, -0.25) is 0 Å². The van der Waals surface area contributed by atoms with Gasteiger partial charge in [0.2, 0.25) is 0 Å². The minimum Gasteiger partial charge on any atom is -0.508 e. The summed E-state index contributed by atoms with van der Waals surface area (Å²) in [4.78, 5) is 3.16. The van der Waals surface area contributed by atoms with Crippen LogP contribution in [0.5, 0.6) is 5.75 Å². The maximum absolute atomic E-state index is 9.83. The second-order valence-corrected chi connectivity index (χ2v) is 4.43. The van der Waals surface area contributed by atoms with Crippen LogP contribution in [0.1, 0.15) is 25.8 Å². The topological polar surface area (TPSA) is 36.0 Å². The van der Waals surface area contributed by atoms with Crippen molar-refractivity contribution in [1.82, 2.24) is 4.98 Å². The van der Waals surface area contributed by atoms with E-state index in [9.17, 15) is 5.11 Å². The number of H-pyrrole nitrogens is 1. The van der Waals surface area contributed by atoms with E-state index in [4.69, 9.17) is 0 Å². The van der Waals surface area contributed by atoms with Crippen molar-refractivity contribution in [3.05, 3.63) is 30.0 Å². The molecule has 0 saturated heterocycles. The molecule has 2 N–H and O–H groups in total. The average Bonchev–Trinajstić information content (AvgIpc) is 2.63. The van der Waals surface area contributed by atoms with Crippen LogP contribution >= 0.6 is 0 Å². The predicted molar refractivity (Wildman–Crippen MR) is 63.1 cm³/mol. The Bertz CT molecular complexity index is 457. The Morgan fingerprint density at radius 2 is 2.07 bits per heavy atom. The molecule has 1 aromatic carbocycles. The highest BCUT2D eigenvalue weighted by Crippen LogP contribution is 2.28. The first-order valence-electron chi connectivity index (χ1n) is 5.46. The van der Waals surface area contributed by atoms with E-state index in [1.165, 1.54) is 0 Å². The number of aromatic amines is 1.